The molecule has 4 unspecified atom stereocenters. The molecule has 0 aromatic carbocycles. The molecule has 90 valence electrons. The maximum Gasteiger partial charge on any atom is 0.333 e. The number of esters is 1. The molecule has 2 rings (SSSR count). The summed E-state index contributed by atoms with van der Waals surface area (Å²) >= 11 is 0. The van der Waals surface area contributed by atoms with E-state index in [-0.39, 0.29) is 30.8 Å². The summed E-state index contributed by atoms with van der Waals surface area (Å²) < 4.78 is 18.7. The molecule has 2 fully saturated rings. The molecule has 2 aliphatic rings. The lowest BCUT2D eigenvalue weighted by Gasteiger charge is -2.30. The van der Waals surface area contributed by atoms with Crippen LogP contribution in [0.3, 0.4) is 0 Å². The lowest BCUT2D eigenvalue weighted by Crippen LogP contribution is -2.37. The van der Waals surface area contributed by atoms with E-state index in [1.807, 2.05) is 0 Å². The first kappa shape index (κ1) is 11.6. The number of carbonyl (C=O) groups is 1. The number of aliphatic hydroxyl groups is 1. The smallest absolute Gasteiger partial charge is 0.333 e. The van der Waals surface area contributed by atoms with Gasteiger partial charge in [-0.25, -0.2) is 9.18 Å². The molecule has 4 heteroatoms. The molecule has 16 heavy (non-hydrogen) atoms. The van der Waals surface area contributed by atoms with Gasteiger partial charge in [-0.3, -0.25) is 0 Å². The van der Waals surface area contributed by atoms with Crippen molar-refractivity contribution >= 4 is 5.97 Å². The summed E-state index contributed by atoms with van der Waals surface area (Å²) in [6.45, 7) is 5.25. The summed E-state index contributed by atoms with van der Waals surface area (Å²) in [5.41, 5.74) is 0.346. The van der Waals surface area contributed by atoms with Gasteiger partial charge in [0.2, 0.25) is 5.85 Å². The van der Waals surface area contributed by atoms with Crippen LogP contribution < -0.4 is 0 Å². The van der Waals surface area contributed by atoms with Gasteiger partial charge in [-0.15, -0.1) is 0 Å². The fraction of sp³-hybridized carbons (Fsp3) is 0.750. The minimum Gasteiger partial charge on any atom is -0.462 e. The Morgan fingerprint density at radius 3 is 2.81 bits per heavy atom. The molecule has 0 aliphatic heterocycles. The van der Waals surface area contributed by atoms with Crippen molar-refractivity contribution in [2.75, 3.05) is 6.61 Å². The maximum absolute atomic E-state index is 13.6. The second-order valence-electron chi connectivity index (χ2n) is 5.11. The van der Waals surface area contributed by atoms with Crippen LogP contribution in [0.4, 0.5) is 4.39 Å². The molecule has 0 radical (unpaired) electrons. The van der Waals surface area contributed by atoms with Crippen LogP contribution in [0.1, 0.15) is 26.2 Å². The summed E-state index contributed by atoms with van der Waals surface area (Å²) in [6.07, 6.45) is 1.80. The molecular formula is C12H17FO3. The van der Waals surface area contributed by atoms with E-state index in [2.05, 4.69) is 6.58 Å². The second kappa shape index (κ2) is 3.84. The summed E-state index contributed by atoms with van der Waals surface area (Å²) in [5, 5.41) is 9.50. The SMILES string of the molecule is C=C(C)C(=O)OCC1CC2CC1C(O)(F)C2. The van der Waals surface area contributed by atoms with E-state index in [0.29, 0.717) is 12.0 Å². The Morgan fingerprint density at radius 2 is 2.31 bits per heavy atom. The van der Waals surface area contributed by atoms with Gasteiger partial charge in [0.25, 0.3) is 0 Å². The zero-order chi connectivity index (χ0) is 11.9. The molecule has 0 aromatic rings. The first-order valence-corrected chi connectivity index (χ1v) is 5.64. The van der Waals surface area contributed by atoms with Crippen LogP contribution in [-0.2, 0) is 9.53 Å². The van der Waals surface area contributed by atoms with Gasteiger partial charge in [-0.05, 0) is 25.7 Å². The van der Waals surface area contributed by atoms with Gasteiger partial charge in [-0.2, -0.15) is 0 Å². The quantitative estimate of drug-likeness (QED) is 0.592. The van der Waals surface area contributed by atoms with Gasteiger partial charge in [0, 0.05) is 23.8 Å². The van der Waals surface area contributed by atoms with E-state index in [0.717, 1.165) is 6.42 Å². The highest BCUT2D eigenvalue weighted by Gasteiger charge is 2.55. The summed E-state index contributed by atoms with van der Waals surface area (Å²) in [7, 11) is 0. The number of halogens is 1. The average molecular weight is 228 g/mol. The minimum atomic E-state index is -2.05. The third kappa shape index (κ3) is 1.98. The van der Waals surface area contributed by atoms with Crippen LogP contribution >= 0.6 is 0 Å². The molecular weight excluding hydrogens is 211 g/mol. The van der Waals surface area contributed by atoms with Crippen LogP contribution in [0.5, 0.6) is 0 Å². The van der Waals surface area contributed by atoms with Crippen LogP contribution in [-0.4, -0.2) is 23.5 Å². The molecule has 3 nitrogen and oxygen atoms in total. The monoisotopic (exact) mass is 228 g/mol. The molecule has 0 saturated heterocycles. The number of fused-ring (bicyclic) bond motifs is 2. The van der Waals surface area contributed by atoms with Crippen molar-refractivity contribution in [3.8, 4) is 0 Å². The largest absolute Gasteiger partial charge is 0.462 e. The third-order valence-electron chi connectivity index (χ3n) is 3.71. The van der Waals surface area contributed by atoms with E-state index < -0.39 is 11.8 Å². The number of rotatable bonds is 3. The number of hydrogen-bond donors (Lipinski definition) is 1. The zero-order valence-corrected chi connectivity index (χ0v) is 9.41. The topological polar surface area (TPSA) is 46.5 Å². The Hall–Kier alpha value is -0.900. The van der Waals surface area contributed by atoms with Crippen LogP contribution in [0, 0.1) is 17.8 Å². The highest BCUT2D eigenvalue weighted by Crippen LogP contribution is 2.54. The molecule has 2 saturated carbocycles. The van der Waals surface area contributed by atoms with E-state index in [1.165, 1.54) is 0 Å². The second-order valence-corrected chi connectivity index (χ2v) is 5.11. The zero-order valence-electron chi connectivity index (χ0n) is 9.41. The molecule has 2 aliphatic carbocycles. The van der Waals surface area contributed by atoms with Gasteiger partial charge < -0.3 is 9.84 Å². The predicted octanol–water partition coefficient (Wildman–Crippen LogP) is 1.81. The maximum atomic E-state index is 13.6. The molecule has 1 N–H and O–H groups in total. The lowest BCUT2D eigenvalue weighted by molar-refractivity contribution is -0.159. The lowest BCUT2D eigenvalue weighted by atomic mass is 9.86. The Morgan fingerprint density at radius 1 is 1.62 bits per heavy atom. The standard InChI is InChI=1S/C12H17FO3/c1-7(2)11(14)16-6-9-3-8-4-10(9)12(13,15)5-8/h8-10,15H,1,3-6H2,2H3. The van der Waals surface area contributed by atoms with E-state index in [9.17, 15) is 14.3 Å². The van der Waals surface area contributed by atoms with Crippen molar-refractivity contribution in [1.29, 1.82) is 0 Å². The Bertz CT molecular complexity index is 324. The highest BCUT2D eigenvalue weighted by atomic mass is 19.2. The number of carbonyl (C=O) groups excluding carboxylic acids is 1. The van der Waals surface area contributed by atoms with Crippen molar-refractivity contribution in [3.05, 3.63) is 12.2 Å². The van der Waals surface area contributed by atoms with Crippen molar-refractivity contribution in [2.45, 2.75) is 32.0 Å². The van der Waals surface area contributed by atoms with Crippen molar-refractivity contribution in [3.63, 3.8) is 0 Å². The van der Waals surface area contributed by atoms with Crippen LogP contribution in [0.25, 0.3) is 0 Å². The van der Waals surface area contributed by atoms with Crippen molar-refractivity contribution in [2.24, 2.45) is 17.8 Å². The van der Waals surface area contributed by atoms with Gasteiger partial charge in [0.15, 0.2) is 0 Å². The Labute approximate surface area is 94.3 Å². The number of hydrogen-bond acceptors (Lipinski definition) is 3. The normalized spacial score (nSPS) is 41.1. The first-order valence-electron chi connectivity index (χ1n) is 5.64. The summed E-state index contributed by atoms with van der Waals surface area (Å²) in [4.78, 5) is 11.2. The average Bonchev–Trinajstić information content (AvgIpc) is 2.68. The fourth-order valence-electron chi connectivity index (χ4n) is 2.99. The Kier molecular flexibility index (Phi) is 2.78. The van der Waals surface area contributed by atoms with Crippen LogP contribution in [0.2, 0.25) is 0 Å². The number of ether oxygens (including phenoxy) is 1. The molecule has 4 atom stereocenters. The predicted molar refractivity (Wildman–Crippen MR) is 56.2 cm³/mol. The van der Waals surface area contributed by atoms with E-state index in [1.54, 1.807) is 6.92 Å². The fourth-order valence-corrected chi connectivity index (χ4v) is 2.99. The van der Waals surface area contributed by atoms with E-state index >= 15 is 0 Å². The molecule has 0 heterocycles. The molecule has 0 amide bonds. The van der Waals surface area contributed by atoms with Crippen molar-refractivity contribution < 1.29 is 19.0 Å². The van der Waals surface area contributed by atoms with Crippen LogP contribution in [0.15, 0.2) is 12.2 Å². The van der Waals surface area contributed by atoms with E-state index in [4.69, 9.17) is 4.74 Å². The highest BCUT2D eigenvalue weighted by molar-refractivity contribution is 5.86. The third-order valence-corrected chi connectivity index (χ3v) is 3.71. The molecule has 0 aromatic heterocycles. The summed E-state index contributed by atoms with van der Waals surface area (Å²) in [6, 6.07) is 0. The molecule has 0 spiro atoms. The summed E-state index contributed by atoms with van der Waals surface area (Å²) in [5.74, 6) is -2.66. The Balaban J connectivity index is 1.89. The number of alkyl halides is 1. The molecule has 2 bridgehead atoms. The van der Waals surface area contributed by atoms with Crippen molar-refractivity contribution in [1.82, 2.24) is 0 Å². The minimum absolute atomic E-state index is 0.0444. The van der Waals surface area contributed by atoms with Gasteiger partial charge in [0.05, 0.1) is 6.61 Å². The first-order chi connectivity index (χ1) is 7.40. The van der Waals surface area contributed by atoms with Gasteiger partial charge in [-0.1, -0.05) is 6.58 Å². The van der Waals surface area contributed by atoms with Gasteiger partial charge in [0.1, 0.15) is 0 Å². The van der Waals surface area contributed by atoms with Gasteiger partial charge >= 0.3 is 5.97 Å².